The molecule has 1 aliphatic heterocycles. The monoisotopic (exact) mass is 478 g/mol. The Morgan fingerprint density at radius 3 is 2.59 bits per heavy atom. The van der Waals surface area contributed by atoms with Crippen molar-refractivity contribution in [2.24, 2.45) is 5.92 Å². The van der Waals surface area contributed by atoms with Crippen molar-refractivity contribution in [3.63, 3.8) is 0 Å². The standard InChI is InChI=1S/C24H31ClN2O4S/c1-3-5-7-18-9-11-20(12-10-18)26-24(28)19-8-6-15-27(17-19)32(29,30)21-13-14-23(31-4-2)22(25)16-21/h9-14,16,19H,3-8,15,17H2,1-2H3,(H,26,28)/t19-/m1/s1. The van der Waals surface area contributed by atoms with E-state index in [1.807, 2.05) is 31.2 Å². The van der Waals surface area contributed by atoms with Crippen LogP contribution in [0, 0.1) is 5.92 Å². The number of carbonyl (C=O) groups is 1. The molecule has 1 saturated heterocycles. The fraction of sp³-hybridized carbons (Fsp3) is 0.458. The van der Waals surface area contributed by atoms with Gasteiger partial charge in [-0.1, -0.05) is 37.1 Å². The number of benzene rings is 2. The summed E-state index contributed by atoms with van der Waals surface area (Å²) in [7, 11) is -3.76. The maximum Gasteiger partial charge on any atom is 0.243 e. The summed E-state index contributed by atoms with van der Waals surface area (Å²) in [6, 6.07) is 12.3. The van der Waals surface area contributed by atoms with Crippen LogP contribution in [-0.2, 0) is 21.2 Å². The van der Waals surface area contributed by atoms with E-state index in [4.69, 9.17) is 16.3 Å². The van der Waals surface area contributed by atoms with Gasteiger partial charge in [-0.2, -0.15) is 4.31 Å². The third kappa shape index (κ3) is 6.03. The molecule has 0 unspecified atom stereocenters. The molecule has 1 atom stereocenters. The van der Waals surface area contributed by atoms with E-state index < -0.39 is 15.9 Å². The van der Waals surface area contributed by atoms with Crippen molar-refractivity contribution < 1.29 is 17.9 Å². The SMILES string of the molecule is CCCCc1ccc(NC(=O)[C@@H]2CCCN(S(=O)(=O)c3ccc(OCC)c(Cl)c3)C2)cc1. The number of ether oxygens (including phenoxy) is 1. The summed E-state index contributed by atoms with van der Waals surface area (Å²) < 4.78 is 33.1. The third-order valence-electron chi connectivity index (χ3n) is 5.64. The summed E-state index contributed by atoms with van der Waals surface area (Å²) in [5, 5.41) is 3.19. The Balaban J connectivity index is 1.66. The van der Waals surface area contributed by atoms with E-state index >= 15 is 0 Å². The Morgan fingerprint density at radius 1 is 1.19 bits per heavy atom. The molecule has 0 bridgehead atoms. The summed E-state index contributed by atoms with van der Waals surface area (Å²) >= 11 is 6.19. The molecule has 0 spiro atoms. The van der Waals surface area contributed by atoms with Crippen LogP contribution in [0.1, 0.15) is 45.1 Å². The first-order chi connectivity index (χ1) is 15.3. The number of hydrogen-bond donors (Lipinski definition) is 1. The molecule has 174 valence electrons. The van der Waals surface area contributed by atoms with E-state index in [-0.39, 0.29) is 22.4 Å². The Bertz CT molecular complexity index is 1020. The van der Waals surface area contributed by atoms with Crippen molar-refractivity contribution in [3.8, 4) is 5.75 Å². The van der Waals surface area contributed by atoms with E-state index in [0.717, 1.165) is 24.9 Å². The molecular weight excluding hydrogens is 448 g/mol. The fourth-order valence-corrected chi connectivity index (χ4v) is 5.67. The minimum Gasteiger partial charge on any atom is -0.492 e. The Labute approximate surface area is 196 Å². The van der Waals surface area contributed by atoms with Crippen molar-refractivity contribution in [2.75, 3.05) is 25.0 Å². The molecule has 8 heteroatoms. The van der Waals surface area contributed by atoms with E-state index in [2.05, 4.69) is 12.2 Å². The zero-order chi connectivity index (χ0) is 23.1. The predicted octanol–water partition coefficient (Wildman–Crippen LogP) is 5.12. The van der Waals surface area contributed by atoms with Gasteiger partial charge >= 0.3 is 0 Å². The summed E-state index contributed by atoms with van der Waals surface area (Å²) in [5.74, 6) is -0.114. The minimum atomic E-state index is -3.76. The highest BCUT2D eigenvalue weighted by atomic mass is 35.5. The van der Waals surface area contributed by atoms with E-state index in [1.54, 1.807) is 6.07 Å². The molecule has 1 heterocycles. The van der Waals surface area contributed by atoms with Crippen LogP contribution in [0.2, 0.25) is 5.02 Å². The highest BCUT2D eigenvalue weighted by Gasteiger charge is 2.33. The van der Waals surface area contributed by atoms with Crippen LogP contribution < -0.4 is 10.1 Å². The van der Waals surface area contributed by atoms with Gasteiger partial charge in [-0.3, -0.25) is 4.79 Å². The van der Waals surface area contributed by atoms with Crippen LogP contribution >= 0.6 is 11.6 Å². The second kappa shape index (κ2) is 11.2. The molecule has 0 radical (unpaired) electrons. The Hall–Kier alpha value is -2.09. The number of halogens is 1. The van der Waals surface area contributed by atoms with Crippen LogP contribution in [0.4, 0.5) is 5.69 Å². The lowest BCUT2D eigenvalue weighted by Crippen LogP contribution is -2.43. The van der Waals surface area contributed by atoms with Crippen LogP contribution in [0.25, 0.3) is 0 Å². The summed E-state index contributed by atoms with van der Waals surface area (Å²) in [6.07, 6.45) is 4.57. The predicted molar refractivity (Wildman–Crippen MR) is 128 cm³/mol. The van der Waals surface area contributed by atoms with Crippen molar-refractivity contribution in [2.45, 2.75) is 50.8 Å². The summed E-state index contributed by atoms with van der Waals surface area (Å²) in [5.41, 5.74) is 1.97. The molecule has 1 fully saturated rings. The summed E-state index contributed by atoms with van der Waals surface area (Å²) in [6.45, 7) is 4.96. The maximum atomic E-state index is 13.2. The second-order valence-electron chi connectivity index (χ2n) is 8.02. The first-order valence-electron chi connectivity index (χ1n) is 11.2. The zero-order valence-corrected chi connectivity index (χ0v) is 20.2. The van der Waals surface area contributed by atoms with Gasteiger partial charge in [0.1, 0.15) is 5.75 Å². The number of rotatable bonds is 9. The van der Waals surface area contributed by atoms with Gasteiger partial charge < -0.3 is 10.1 Å². The van der Waals surface area contributed by atoms with Crippen molar-refractivity contribution in [1.29, 1.82) is 0 Å². The number of sulfonamides is 1. The number of unbranched alkanes of at least 4 members (excludes halogenated alkanes) is 1. The van der Waals surface area contributed by atoms with Gasteiger partial charge in [0.15, 0.2) is 0 Å². The molecule has 0 saturated carbocycles. The van der Waals surface area contributed by atoms with Crippen LogP contribution in [0.5, 0.6) is 5.75 Å². The lowest BCUT2D eigenvalue weighted by atomic mass is 9.98. The second-order valence-corrected chi connectivity index (χ2v) is 10.4. The van der Waals surface area contributed by atoms with E-state index in [9.17, 15) is 13.2 Å². The van der Waals surface area contributed by atoms with Gasteiger partial charge in [0.25, 0.3) is 0 Å². The largest absolute Gasteiger partial charge is 0.492 e. The van der Waals surface area contributed by atoms with E-state index in [1.165, 1.54) is 22.0 Å². The Kier molecular flexibility index (Phi) is 8.57. The van der Waals surface area contributed by atoms with Crippen molar-refractivity contribution >= 4 is 33.2 Å². The third-order valence-corrected chi connectivity index (χ3v) is 7.79. The smallest absolute Gasteiger partial charge is 0.243 e. The van der Waals surface area contributed by atoms with Crippen LogP contribution in [-0.4, -0.2) is 38.3 Å². The molecule has 0 aliphatic carbocycles. The average molecular weight is 479 g/mol. The zero-order valence-electron chi connectivity index (χ0n) is 18.6. The average Bonchev–Trinajstić information content (AvgIpc) is 2.80. The number of nitrogens with one attached hydrogen (secondary N) is 1. The number of aryl methyl sites for hydroxylation is 1. The number of carbonyl (C=O) groups excluding carboxylic acids is 1. The fourth-order valence-electron chi connectivity index (χ4n) is 3.82. The quantitative estimate of drug-likeness (QED) is 0.542. The molecule has 2 aromatic carbocycles. The number of hydrogen-bond acceptors (Lipinski definition) is 4. The lowest BCUT2D eigenvalue weighted by molar-refractivity contribution is -0.120. The number of amides is 1. The van der Waals surface area contributed by atoms with Crippen molar-refractivity contribution in [3.05, 3.63) is 53.1 Å². The van der Waals surface area contributed by atoms with Gasteiger partial charge in [0, 0.05) is 18.8 Å². The van der Waals surface area contributed by atoms with Crippen LogP contribution in [0.3, 0.4) is 0 Å². The lowest BCUT2D eigenvalue weighted by Gasteiger charge is -2.31. The molecule has 1 N–H and O–H groups in total. The number of nitrogens with zero attached hydrogens (tertiary/aromatic N) is 1. The van der Waals surface area contributed by atoms with Gasteiger partial charge in [0.05, 0.1) is 22.4 Å². The highest BCUT2D eigenvalue weighted by Crippen LogP contribution is 2.30. The summed E-state index contributed by atoms with van der Waals surface area (Å²) in [4.78, 5) is 12.9. The van der Waals surface area contributed by atoms with Gasteiger partial charge in [-0.25, -0.2) is 8.42 Å². The topological polar surface area (TPSA) is 75.7 Å². The van der Waals surface area contributed by atoms with Gasteiger partial charge in [-0.05, 0) is 68.5 Å². The first kappa shape index (κ1) is 24.6. The minimum absolute atomic E-state index is 0.106. The molecule has 1 aliphatic rings. The molecule has 2 aromatic rings. The van der Waals surface area contributed by atoms with E-state index in [0.29, 0.717) is 31.7 Å². The molecule has 32 heavy (non-hydrogen) atoms. The number of piperidine rings is 1. The van der Waals surface area contributed by atoms with Gasteiger partial charge in [0.2, 0.25) is 15.9 Å². The van der Waals surface area contributed by atoms with Crippen molar-refractivity contribution in [1.82, 2.24) is 4.31 Å². The highest BCUT2D eigenvalue weighted by molar-refractivity contribution is 7.89. The molecule has 1 amide bonds. The molecular formula is C24H31ClN2O4S. The van der Waals surface area contributed by atoms with Gasteiger partial charge in [-0.15, -0.1) is 0 Å². The first-order valence-corrected chi connectivity index (χ1v) is 13.0. The Morgan fingerprint density at radius 2 is 1.94 bits per heavy atom. The number of anilines is 1. The maximum absolute atomic E-state index is 13.2. The van der Waals surface area contributed by atoms with Crippen LogP contribution in [0.15, 0.2) is 47.4 Å². The molecule has 3 rings (SSSR count). The molecule has 6 nitrogen and oxygen atoms in total. The molecule has 0 aromatic heterocycles. The normalized spacial score (nSPS) is 17.2.